The second kappa shape index (κ2) is 8.19. The molecule has 4 rings (SSSR count). The molecule has 1 amide bonds. The molecule has 0 aromatic heterocycles. The van der Waals surface area contributed by atoms with Crippen molar-refractivity contribution in [2.45, 2.75) is 56.4 Å². The molecule has 3 N–H and O–H groups in total. The van der Waals surface area contributed by atoms with Crippen molar-refractivity contribution in [3.8, 4) is 0 Å². The van der Waals surface area contributed by atoms with Gasteiger partial charge >= 0.3 is 0 Å². The zero-order valence-corrected chi connectivity index (χ0v) is 16.9. The van der Waals surface area contributed by atoms with Crippen LogP contribution in [0.3, 0.4) is 0 Å². The predicted molar refractivity (Wildman–Crippen MR) is 111 cm³/mol. The molecule has 1 aromatic rings. The van der Waals surface area contributed by atoms with Crippen LogP contribution >= 0.6 is 12.4 Å². The Hall–Kier alpha value is -1.59. The molecule has 6 heteroatoms. The third kappa shape index (κ3) is 3.47. The normalized spacial score (nSPS) is 27.4. The van der Waals surface area contributed by atoms with Crippen LogP contribution in [0.2, 0.25) is 0 Å². The van der Waals surface area contributed by atoms with Crippen molar-refractivity contribution < 1.29 is 4.79 Å². The SMILES string of the molecule is CN1C(=O)C(c2cccc(C3CCCCC3)c2)(C2CCNCC2)N=C1N.Cl. The van der Waals surface area contributed by atoms with Crippen molar-refractivity contribution in [3.63, 3.8) is 0 Å². The Balaban J connectivity index is 0.00000210. The number of hydrogen-bond donors (Lipinski definition) is 2. The van der Waals surface area contributed by atoms with E-state index in [2.05, 4.69) is 29.6 Å². The Morgan fingerprint density at radius 3 is 2.48 bits per heavy atom. The smallest absolute Gasteiger partial charge is 0.261 e. The highest BCUT2D eigenvalue weighted by Crippen LogP contribution is 2.44. The Morgan fingerprint density at radius 2 is 1.85 bits per heavy atom. The first kappa shape index (κ1) is 20.2. The second-order valence-electron chi connectivity index (χ2n) is 8.09. The monoisotopic (exact) mass is 390 g/mol. The maximum absolute atomic E-state index is 13.3. The van der Waals surface area contributed by atoms with E-state index in [1.807, 2.05) is 0 Å². The fourth-order valence-corrected chi connectivity index (χ4v) is 5.06. The lowest BCUT2D eigenvalue weighted by Crippen LogP contribution is -2.48. The van der Waals surface area contributed by atoms with Crippen LogP contribution in [-0.4, -0.2) is 36.9 Å². The number of nitrogens with zero attached hydrogens (tertiary/aromatic N) is 2. The molecule has 27 heavy (non-hydrogen) atoms. The number of rotatable bonds is 3. The van der Waals surface area contributed by atoms with E-state index in [1.54, 1.807) is 7.05 Å². The molecule has 1 aliphatic carbocycles. The minimum atomic E-state index is -0.842. The molecule has 2 heterocycles. The summed E-state index contributed by atoms with van der Waals surface area (Å²) < 4.78 is 0. The third-order valence-corrected chi connectivity index (χ3v) is 6.60. The number of nitrogens with two attached hydrogens (primary N) is 1. The molecule has 0 spiro atoms. The number of aliphatic imine (C=N–C) groups is 1. The van der Waals surface area contributed by atoms with Crippen LogP contribution in [0, 0.1) is 5.92 Å². The van der Waals surface area contributed by atoms with Gasteiger partial charge in [0.25, 0.3) is 5.91 Å². The number of amides is 1. The van der Waals surface area contributed by atoms with Gasteiger partial charge in [-0.2, -0.15) is 0 Å². The first-order chi connectivity index (χ1) is 12.6. The van der Waals surface area contributed by atoms with Crippen molar-refractivity contribution in [2.24, 2.45) is 16.6 Å². The van der Waals surface area contributed by atoms with E-state index in [9.17, 15) is 4.79 Å². The summed E-state index contributed by atoms with van der Waals surface area (Å²) in [5, 5.41) is 3.40. The van der Waals surface area contributed by atoms with Gasteiger partial charge in [0.1, 0.15) is 0 Å². The van der Waals surface area contributed by atoms with E-state index in [-0.39, 0.29) is 24.2 Å². The lowest BCUT2D eigenvalue weighted by molar-refractivity contribution is -0.133. The number of nitrogens with one attached hydrogen (secondary N) is 1. The summed E-state index contributed by atoms with van der Waals surface area (Å²) in [5.74, 6) is 1.19. The predicted octanol–water partition coefficient (Wildman–Crippen LogP) is 3.14. The molecule has 2 fully saturated rings. The first-order valence-corrected chi connectivity index (χ1v) is 10.1. The van der Waals surface area contributed by atoms with Crippen LogP contribution in [0.25, 0.3) is 0 Å². The van der Waals surface area contributed by atoms with Gasteiger partial charge in [-0.3, -0.25) is 9.69 Å². The minimum absolute atomic E-state index is 0. The van der Waals surface area contributed by atoms with E-state index in [0.29, 0.717) is 11.9 Å². The Kier molecular flexibility index (Phi) is 6.11. The molecule has 5 nitrogen and oxygen atoms in total. The summed E-state index contributed by atoms with van der Waals surface area (Å²) in [6.45, 7) is 1.86. The van der Waals surface area contributed by atoms with Crippen LogP contribution < -0.4 is 11.1 Å². The number of carbonyl (C=O) groups is 1. The first-order valence-electron chi connectivity index (χ1n) is 10.1. The molecular formula is C21H31ClN4O. The molecule has 1 saturated carbocycles. The molecule has 148 valence electrons. The highest BCUT2D eigenvalue weighted by Gasteiger charge is 2.53. The maximum atomic E-state index is 13.3. The maximum Gasteiger partial charge on any atom is 0.261 e. The molecule has 1 saturated heterocycles. The fraction of sp³-hybridized carbons (Fsp3) is 0.619. The number of benzene rings is 1. The molecule has 0 radical (unpaired) electrons. The van der Waals surface area contributed by atoms with E-state index in [4.69, 9.17) is 10.7 Å². The number of halogens is 1. The van der Waals surface area contributed by atoms with E-state index < -0.39 is 5.54 Å². The summed E-state index contributed by atoms with van der Waals surface area (Å²) >= 11 is 0. The van der Waals surface area contributed by atoms with Gasteiger partial charge in [-0.05, 0) is 61.7 Å². The fourth-order valence-electron chi connectivity index (χ4n) is 5.06. The average molecular weight is 391 g/mol. The summed E-state index contributed by atoms with van der Waals surface area (Å²) in [4.78, 5) is 19.7. The average Bonchev–Trinajstić information content (AvgIpc) is 2.94. The molecule has 1 unspecified atom stereocenters. The van der Waals surface area contributed by atoms with Gasteiger partial charge < -0.3 is 11.1 Å². The van der Waals surface area contributed by atoms with Gasteiger partial charge in [-0.15, -0.1) is 12.4 Å². The van der Waals surface area contributed by atoms with E-state index >= 15 is 0 Å². The molecule has 1 aromatic carbocycles. The molecule has 2 aliphatic heterocycles. The van der Waals surface area contributed by atoms with Crippen molar-refractivity contribution >= 4 is 24.3 Å². The molecule has 1 atom stereocenters. The van der Waals surface area contributed by atoms with Gasteiger partial charge in [-0.1, -0.05) is 43.5 Å². The van der Waals surface area contributed by atoms with Crippen LogP contribution in [0.1, 0.15) is 62.0 Å². The Labute approximate surface area is 168 Å². The Bertz CT molecular complexity index is 710. The minimum Gasteiger partial charge on any atom is -0.369 e. The highest BCUT2D eigenvalue weighted by atomic mass is 35.5. The quantitative estimate of drug-likeness (QED) is 0.832. The summed E-state index contributed by atoms with van der Waals surface area (Å²) in [5.41, 5.74) is 7.67. The van der Waals surface area contributed by atoms with Crippen molar-refractivity contribution in [1.29, 1.82) is 0 Å². The molecular weight excluding hydrogens is 360 g/mol. The van der Waals surface area contributed by atoms with E-state index in [0.717, 1.165) is 31.5 Å². The summed E-state index contributed by atoms with van der Waals surface area (Å²) in [6, 6.07) is 8.68. The van der Waals surface area contributed by atoms with Gasteiger partial charge in [0.15, 0.2) is 11.5 Å². The van der Waals surface area contributed by atoms with Crippen LogP contribution in [0.5, 0.6) is 0 Å². The lowest BCUT2D eigenvalue weighted by Gasteiger charge is -2.37. The van der Waals surface area contributed by atoms with Gasteiger partial charge in [-0.25, -0.2) is 4.99 Å². The van der Waals surface area contributed by atoms with Crippen LogP contribution in [0.15, 0.2) is 29.3 Å². The molecule has 3 aliphatic rings. The Morgan fingerprint density at radius 1 is 1.15 bits per heavy atom. The van der Waals surface area contributed by atoms with Gasteiger partial charge in [0.2, 0.25) is 0 Å². The topological polar surface area (TPSA) is 70.7 Å². The van der Waals surface area contributed by atoms with Crippen LogP contribution in [-0.2, 0) is 10.3 Å². The van der Waals surface area contributed by atoms with Gasteiger partial charge in [0, 0.05) is 7.05 Å². The summed E-state index contributed by atoms with van der Waals surface area (Å²) in [6.07, 6.45) is 8.36. The lowest BCUT2D eigenvalue weighted by atomic mass is 9.72. The van der Waals surface area contributed by atoms with E-state index in [1.165, 1.54) is 42.6 Å². The van der Waals surface area contributed by atoms with Crippen LogP contribution in [0.4, 0.5) is 0 Å². The van der Waals surface area contributed by atoms with Crippen molar-refractivity contribution in [1.82, 2.24) is 10.2 Å². The number of carbonyl (C=O) groups excluding carboxylic acids is 1. The highest BCUT2D eigenvalue weighted by molar-refractivity contribution is 6.07. The van der Waals surface area contributed by atoms with Gasteiger partial charge in [0.05, 0.1) is 0 Å². The second-order valence-corrected chi connectivity index (χ2v) is 8.09. The largest absolute Gasteiger partial charge is 0.369 e. The van der Waals surface area contributed by atoms with Crippen molar-refractivity contribution in [3.05, 3.63) is 35.4 Å². The standard InChI is InChI=1S/C21H30N4O.ClH/c1-25-19(26)21(24-20(25)22,17-10-12-23-13-11-17)18-9-5-8-16(14-18)15-6-3-2-4-7-15;/h5,8-9,14-15,17,23H,2-4,6-7,10-13H2,1H3,(H2,22,24);1H. The third-order valence-electron chi connectivity index (χ3n) is 6.60. The molecule has 0 bridgehead atoms. The number of guanidine groups is 1. The zero-order valence-electron chi connectivity index (χ0n) is 16.1. The summed E-state index contributed by atoms with van der Waals surface area (Å²) in [7, 11) is 1.75. The number of piperidine rings is 1. The van der Waals surface area contributed by atoms with Crippen molar-refractivity contribution in [2.75, 3.05) is 20.1 Å². The zero-order chi connectivity index (χ0) is 18.1. The number of hydrogen-bond acceptors (Lipinski definition) is 4. The number of likely N-dealkylation sites (N-methyl/N-ethyl adjacent to an activating group) is 1.